The normalized spacial score (nSPS) is 9.47. The SMILES string of the molecule is CCOc1cc(OC)cc(C=O)c1C=O. The first kappa shape index (κ1) is 11.2. The maximum absolute atomic E-state index is 10.8. The lowest BCUT2D eigenvalue weighted by Crippen LogP contribution is -2.00. The highest BCUT2D eigenvalue weighted by atomic mass is 16.5. The molecule has 0 aliphatic heterocycles. The summed E-state index contributed by atoms with van der Waals surface area (Å²) in [6, 6.07) is 3.08. The lowest BCUT2D eigenvalue weighted by atomic mass is 10.1. The van der Waals surface area contributed by atoms with E-state index < -0.39 is 0 Å². The third kappa shape index (κ3) is 2.34. The Labute approximate surface area is 87.8 Å². The minimum absolute atomic E-state index is 0.257. The van der Waals surface area contributed by atoms with Crippen LogP contribution in [-0.2, 0) is 0 Å². The van der Waals surface area contributed by atoms with Crippen molar-refractivity contribution in [1.82, 2.24) is 0 Å². The molecule has 0 unspecified atom stereocenters. The van der Waals surface area contributed by atoms with Gasteiger partial charge in [0.2, 0.25) is 0 Å². The van der Waals surface area contributed by atoms with Crippen LogP contribution in [0.3, 0.4) is 0 Å². The fraction of sp³-hybridized carbons (Fsp3) is 0.273. The Hall–Kier alpha value is -1.84. The van der Waals surface area contributed by atoms with E-state index in [0.29, 0.717) is 30.7 Å². The minimum atomic E-state index is 0.257. The van der Waals surface area contributed by atoms with E-state index in [4.69, 9.17) is 9.47 Å². The topological polar surface area (TPSA) is 52.6 Å². The number of hydrogen-bond donors (Lipinski definition) is 0. The second kappa shape index (κ2) is 5.14. The van der Waals surface area contributed by atoms with Crippen LogP contribution in [0, 0.1) is 0 Å². The predicted molar refractivity (Wildman–Crippen MR) is 54.9 cm³/mol. The van der Waals surface area contributed by atoms with Crippen molar-refractivity contribution in [2.75, 3.05) is 13.7 Å². The van der Waals surface area contributed by atoms with Crippen molar-refractivity contribution < 1.29 is 19.1 Å². The summed E-state index contributed by atoms with van der Waals surface area (Å²) in [5.41, 5.74) is 0.528. The van der Waals surface area contributed by atoms with E-state index in [9.17, 15) is 9.59 Å². The molecule has 0 atom stereocenters. The first-order valence-corrected chi connectivity index (χ1v) is 4.52. The Morgan fingerprint density at radius 2 is 2.00 bits per heavy atom. The van der Waals surface area contributed by atoms with Crippen LogP contribution in [0.15, 0.2) is 12.1 Å². The smallest absolute Gasteiger partial charge is 0.154 e. The Kier molecular flexibility index (Phi) is 3.85. The summed E-state index contributed by atoms with van der Waals surface area (Å²) in [5, 5.41) is 0. The van der Waals surface area contributed by atoms with Gasteiger partial charge in [-0.2, -0.15) is 0 Å². The van der Waals surface area contributed by atoms with Gasteiger partial charge in [-0.1, -0.05) is 0 Å². The van der Waals surface area contributed by atoms with Crippen LogP contribution < -0.4 is 9.47 Å². The number of methoxy groups -OCH3 is 1. The van der Waals surface area contributed by atoms with E-state index in [1.165, 1.54) is 13.2 Å². The Morgan fingerprint density at radius 3 is 2.47 bits per heavy atom. The molecule has 0 aliphatic carbocycles. The lowest BCUT2D eigenvalue weighted by Gasteiger charge is -2.10. The zero-order valence-corrected chi connectivity index (χ0v) is 8.65. The van der Waals surface area contributed by atoms with Crippen molar-refractivity contribution >= 4 is 12.6 Å². The second-order valence-corrected chi connectivity index (χ2v) is 2.80. The molecule has 0 heterocycles. The summed E-state index contributed by atoms with van der Waals surface area (Å²) in [6.07, 6.45) is 1.21. The summed E-state index contributed by atoms with van der Waals surface area (Å²) in [4.78, 5) is 21.5. The molecular formula is C11H12O4. The van der Waals surface area contributed by atoms with Gasteiger partial charge in [-0.3, -0.25) is 9.59 Å². The van der Waals surface area contributed by atoms with E-state index in [0.717, 1.165) is 0 Å². The van der Waals surface area contributed by atoms with Gasteiger partial charge in [-0.25, -0.2) is 0 Å². The van der Waals surface area contributed by atoms with Crippen LogP contribution >= 0.6 is 0 Å². The van der Waals surface area contributed by atoms with Crippen molar-refractivity contribution in [3.8, 4) is 11.5 Å². The average molecular weight is 208 g/mol. The molecule has 80 valence electrons. The Balaban J connectivity index is 3.31. The summed E-state index contributed by atoms with van der Waals surface area (Å²) < 4.78 is 10.2. The highest BCUT2D eigenvalue weighted by Gasteiger charge is 2.11. The summed E-state index contributed by atoms with van der Waals surface area (Å²) >= 11 is 0. The zero-order chi connectivity index (χ0) is 11.3. The highest BCUT2D eigenvalue weighted by molar-refractivity contribution is 5.93. The molecule has 0 aliphatic rings. The molecule has 1 rings (SSSR count). The van der Waals surface area contributed by atoms with E-state index in [1.807, 2.05) is 0 Å². The molecule has 1 aromatic carbocycles. The first-order valence-electron chi connectivity index (χ1n) is 4.52. The van der Waals surface area contributed by atoms with Gasteiger partial charge in [-0.05, 0) is 13.0 Å². The first-order chi connectivity index (χ1) is 7.26. The average Bonchev–Trinajstić information content (AvgIpc) is 2.28. The number of carbonyl (C=O) groups excluding carboxylic acids is 2. The van der Waals surface area contributed by atoms with Gasteiger partial charge in [0.15, 0.2) is 12.6 Å². The molecule has 4 heteroatoms. The Morgan fingerprint density at radius 1 is 1.27 bits per heavy atom. The fourth-order valence-electron chi connectivity index (χ4n) is 1.24. The van der Waals surface area contributed by atoms with Crippen molar-refractivity contribution in [2.45, 2.75) is 6.92 Å². The maximum atomic E-state index is 10.8. The van der Waals surface area contributed by atoms with Gasteiger partial charge < -0.3 is 9.47 Å². The maximum Gasteiger partial charge on any atom is 0.154 e. The van der Waals surface area contributed by atoms with Gasteiger partial charge in [-0.15, -0.1) is 0 Å². The van der Waals surface area contributed by atoms with Crippen LogP contribution in [0.5, 0.6) is 11.5 Å². The number of rotatable bonds is 5. The van der Waals surface area contributed by atoms with Gasteiger partial charge in [0, 0.05) is 11.6 Å². The molecule has 15 heavy (non-hydrogen) atoms. The van der Waals surface area contributed by atoms with Crippen LogP contribution in [0.1, 0.15) is 27.6 Å². The molecule has 4 nitrogen and oxygen atoms in total. The number of hydrogen-bond acceptors (Lipinski definition) is 4. The fourth-order valence-corrected chi connectivity index (χ4v) is 1.24. The molecular weight excluding hydrogens is 196 g/mol. The van der Waals surface area contributed by atoms with Crippen molar-refractivity contribution in [2.24, 2.45) is 0 Å². The third-order valence-electron chi connectivity index (χ3n) is 1.93. The van der Waals surface area contributed by atoms with Crippen molar-refractivity contribution in [1.29, 1.82) is 0 Å². The van der Waals surface area contributed by atoms with Crippen LogP contribution in [0.25, 0.3) is 0 Å². The molecule has 0 saturated carbocycles. The zero-order valence-electron chi connectivity index (χ0n) is 8.65. The lowest BCUT2D eigenvalue weighted by molar-refractivity contribution is 0.109. The number of carbonyl (C=O) groups is 2. The molecule has 0 spiro atoms. The standard InChI is InChI=1S/C11H12O4/c1-3-15-11-5-9(14-2)4-8(6-12)10(11)7-13/h4-7H,3H2,1-2H3. The summed E-state index contributed by atoms with van der Waals surface area (Å²) in [7, 11) is 1.49. The van der Waals surface area contributed by atoms with Crippen molar-refractivity contribution in [3.05, 3.63) is 23.3 Å². The van der Waals surface area contributed by atoms with E-state index >= 15 is 0 Å². The van der Waals surface area contributed by atoms with Crippen molar-refractivity contribution in [3.63, 3.8) is 0 Å². The molecule has 0 radical (unpaired) electrons. The molecule has 0 fully saturated rings. The number of ether oxygens (including phenoxy) is 2. The summed E-state index contributed by atoms with van der Waals surface area (Å²) in [5.74, 6) is 0.861. The number of benzene rings is 1. The van der Waals surface area contributed by atoms with E-state index in [2.05, 4.69) is 0 Å². The van der Waals surface area contributed by atoms with Gasteiger partial charge in [0.1, 0.15) is 11.5 Å². The molecule has 0 N–H and O–H groups in total. The van der Waals surface area contributed by atoms with E-state index in [-0.39, 0.29) is 11.1 Å². The molecule has 0 amide bonds. The number of aldehydes is 2. The molecule has 0 saturated heterocycles. The van der Waals surface area contributed by atoms with Gasteiger partial charge >= 0.3 is 0 Å². The molecule has 1 aromatic rings. The monoisotopic (exact) mass is 208 g/mol. The Bertz CT molecular complexity index is 371. The largest absolute Gasteiger partial charge is 0.497 e. The quantitative estimate of drug-likeness (QED) is 0.691. The van der Waals surface area contributed by atoms with Gasteiger partial charge in [0.05, 0.1) is 19.3 Å². The predicted octanol–water partition coefficient (Wildman–Crippen LogP) is 1.72. The van der Waals surface area contributed by atoms with Gasteiger partial charge in [0.25, 0.3) is 0 Å². The van der Waals surface area contributed by atoms with Crippen LogP contribution in [0.2, 0.25) is 0 Å². The molecule has 0 bridgehead atoms. The van der Waals surface area contributed by atoms with Crippen LogP contribution in [-0.4, -0.2) is 26.3 Å². The molecule has 0 aromatic heterocycles. The van der Waals surface area contributed by atoms with Crippen LogP contribution in [0.4, 0.5) is 0 Å². The second-order valence-electron chi connectivity index (χ2n) is 2.80. The minimum Gasteiger partial charge on any atom is -0.497 e. The summed E-state index contributed by atoms with van der Waals surface area (Å²) in [6.45, 7) is 2.22. The van der Waals surface area contributed by atoms with E-state index in [1.54, 1.807) is 13.0 Å². The third-order valence-corrected chi connectivity index (χ3v) is 1.93. The highest BCUT2D eigenvalue weighted by Crippen LogP contribution is 2.26.